The molecule has 1 amide bonds. The summed E-state index contributed by atoms with van der Waals surface area (Å²) in [6.07, 6.45) is 3.94. The van der Waals surface area contributed by atoms with E-state index in [9.17, 15) is 4.79 Å². The van der Waals surface area contributed by atoms with Crippen LogP contribution in [0.4, 0.5) is 0 Å². The third kappa shape index (κ3) is 3.27. The molecule has 1 heterocycles. The Morgan fingerprint density at radius 1 is 1.24 bits per heavy atom. The molecule has 0 spiro atoms. The topological polar surface area (TPSA) is 41.6 Å². The number of benzene rings is 1. The fraction of sp³-hybridized carbons (Fsp3) is 0.588. The highest BCUT2D eigenvalue weighted by Crippen LogP contribution is 2.23. The minimum absolute atomic E-state index is 0.0887. The van der Waals surface area contributed by atoms with E-state index in [0.717, 1.165) is 32.2 Å². The number of carbonyl (C=O) groups excluding carboxylic acids is 1. The third-order valence-electron chi connectivity index (χ3n) is 4.51. The second-order valence-electron chi connectivity index (χ2n) is 6.34. The van der Waals surface area contributed by atoms with Crippen molar-refractivity contribution in [2.75, 3.05) is 20.6 Å². The summed E-state index contributed by atoms with van der Waals surface area (Å²) in [5.74, 6) is 0.0887. The first-order chi connectivity index (χ1) is 10.1. The molecule has 3 rings (SSSR count). The largest absolute Gasteiger partial charge is 0.364 e. The normalized spacial score (nSPS) is 25.0. The van der Waals surface area contributed by atoms with Gasteiger partial charge in [0.15, 0.2) is 0 Å². The SMILES string of the molecule is CN(C)C(=O)[C@H]1CC[C@H](CNC2Cc3ccccc3C2)O1. The smallest absolute Gasteiger partial charge is 0.251 e. The second-order valence-corrected chi connectivity index (χ2v) is 6.34. The Hall–Kier alpha value is -1.39. The molecule has 2 atom stereocenters. The number of nitrogens with one attached hydrogen (secondary N) is 1. The van der Waals surface area contributed by atoms with Crippen LogP contribution < -0.4 is 5.32 Å². The van der Waals surface area contributed by atoms with Crippen molar-refractivity contribution in [2.24, 2.45) is 0 Å². The number of likely N-dealkylation sites (N-methyl/N-ethyl adjacent to an activating group) is 1. The summed E-state index contributed by atoms with van der Waals surface area (Å²) in [4.78, 5) is 13.5. The van der Waals surface area contributed by atoms with E-state index in [1.54, 1.807) is 19.0 Å². The van der Waals surface area contributed by atoms with Gasteiger partial charge in [-0.05, 0) is 36.8 Å². The van der Waals surface area contributed by atoms with Crippen LogP contribution in [0.5, 0.6) is 0 Å². The highest BCUT2D eigenvalue weighted by Gasteiger charge is 2.32. The zero-order valence-corrected chi connectivity index (χ0v) is 12.8. The molecular weight excluding hydrogens is 264 g/mol. The van der Waals surface area contributed by atoms with Crippen LogP contribution in [0, 0.1) is 0 Å². The van der Waals surface area contributed by atoms with Gasteiger partial charge in [-0.25, -0.2) is 0 Å². The molecule has 4 heteroatoms. The van der Waals surface area contributed by atoms with Gasteiger partial charge in [-0.15, -0.1) is 0 Å². The molecule has 0 radical (unpaired) electrons. The maximum atomic E-state index is 11.9. The highest BCUT2D eigenvalue weighted by molar-refractivity contribution is 5.80. The van der Waals surface area contributed by atoms with E-state index in [4.69, 9.17) is 4.74 Å². The quantitative estimate of drug-likeness (QED) is 0.910. The molecule has 2 aliphatic rings. The molecule has 1 aromatic carbocycles. The molecule has 21 heavy (non-hydrogen) atoms. The summed E-state index contributed by atoms with van der Waals surface area (Å²) >= 11 is 0. The molecule has 1 aliphatic carbocycles. The van der Waals surface area contributed by atoms with Gasteiger partial charge in [0.25, 0.3) is 5.91 Å². The lowest BCUT2D eigenvalue weighted by Gasteiger charge is -2.19. The summed E-state index contributed by atoms with van der Waals surface area (Å²) in [6, 6.07) is 9.16. The van der Waals surface area contributed by atoms with Crippen molar-refractivity contribution in [1.29, 1.82) is 0 Å². The van der Waals surface area contributed by atoms with E-state index in [0.29, 0.717) is 6.04 Å². The van der Waals surface area contributed by atoms with Gasteiger partial charge in [-0.1, -0.05) is 24.3 Å². The molecule has 1 aliphatic heterocycles. The summed E-state index contributed by atoms with van der Waals surface area (Å²) < 4.78 is 5.87. The molecule has 0 bridgehead atoms. The van der Waals surface area contributed by atoms with Crippen LogP contribution in [0.15, 0.2) is 24.3 Å². The standard InChI is InChI=1S/C17H24N2O2/c1-19(2)17(20)16-8-7-15(21-16)11-18-14-9-12-5-3-4-6-13(12)10-14/h3-6,14-16,18H,7-11H2,1-2H3/t15-,16-/m1/s1. The van der Waals surface area contributed by atoms with E-state index in [2.05, 4.69) is 29.6 Å². The number of hydrogen-bond acceptors (Lipinski definition) is 3. The number of rotatable bonds is 4. The Morgan fingerprint density at radius 2 is 1.90 bits per heavy atom. The predicted octanol–water partition coefficient (Wildman–Crippen LogP) is 1.38. The lowest BCUT2D eigenvalue weighted by Crippen LogP contribution is -2.38. The zero-order chi connectivity index (χ0) is 14.8. The van der Waals surface area contributed by atoms with Crippen molar-refractivity contribution in [3.05, 3.63) is 35.4 Å². The average molecular weight is 288 g/mol. The number of amides is 1. The van der Waals surface area contributed by atoms with Crippen LogP contribution in [-0.4, -0.2) is 49.7 Å². The molecular formula is C17H24N2O2. The first-order valence-electron chi connectivity index (χ1n) is 7.80. The van der Waals surface area contributed by atoms with Gasteiger partial charge < -0.3 is 15.0 Å². The minimum atomic E-state index is -0.243. The first-order valence-corrected chi connectivity index (χ1v) is 7.80. The Bertz CT molecular complexity index is 490. The van der Waals surface area contributed by atoms with E-state index in [-0.39, 0.29) is 18.1 Å². The number of hydrogen-bond donors (Lipinski definition) is 1. The predicted molar refractivity (Wildman–Crippen MR) is 82.2 cm³/mol. The van der Waals surface area contributed by atoms with Crippen molar-refractivity contribution in [2.45, 2.75) is 43.9 Å². The molecule has 1 fully saturated rings. The van der Waals surface area contributed by atoms with Gasteiger partial charge in [0, 0.05) is 26.7 Å². The molecule has 4 nitrogen and oxygen atoms in total. The van der Waals surface area contributed by atoms with Crippen molar-refractivity contribution >= 4 is 5.91 Å². The van der Waals surface area contributed by atoms with Crippen LogP contribution in [-0.2, 0) is 22.4 Å². The molecule has 1 N–H and O–H groups in total. The third-order valence-corrected chi connectivity index (χ3v) is 4.51. The Morgan fingerprint density at radius 3 is 2.52 bits per heavy atom. The van der Waals surface area contributed by atoms with Crippen molar-refractivity contribution < 1.29 is 9.53 Å². The average Bonchev–Trinajstić information content (AvgIpc) is 3.10. The second kappa shape index (κ2) is 6.16. The van der Waals surface area contributed by atoms with E-state index < -0.39 is 0 Å². The number of carbonyl (C=O) groups is 1. The van der Waals surface area contributed by atoms with Gasteiger partial charge >= 0.3 is 0 Å². The van der Waals surface area contributed by atoms with Gasteiger partial charge in [-0.3, -0.25) is 4.79 Å². The molecule has 0 saturated carbocycles. The number of fused-ring (bicyclic) bond motifs is 1. The molecule has 114 valence electrons. The lowest BCUT2D eigenvalue weighted by molar-refractivity contribution is -0.140. The number of nitrogens with zero attached hydrogens (tertiary/aromatic N) is 1. The fourth-order valence-corrected chi connectivity index (χ4v) is 3.33. The maximum absolute atomic E-state index is 11.9. The van der Waals surface area contributed by atoms with Crippen molar-refractivity contribution in [1.82, 2.24) is 10.2 Å². The van der Waals surface area contributed by atoms with Crippen LogP contribution in [0.25, 0.3) is 0 Å². The Kier molecular flexibility index (Phi) is 4.27. The van der Waals surface area contributed by atoms with Crippen LogP contribution in [0.2, 0.25) is 0 Å². The first kappa shape index (κ1) is 14.5. The van der Waals surface area contributed by atoms with Gasteiger partial charge in [0.05, 0.1) is 6.10 Å². The molecule has 0 unspecified atom stereocenters. The lowest BCUT2D eigenvalue weighted by atomic mass is 10.1. The van der Waals surface area contributed by atoms with Crippen LogP contribution in [0.3, 0.4) is 0 Å². The summed E-state index contributed by atoms with van der Waals surface area (Å²) in [7, 11) is 3.57. The van der Waals surface area contributed by atoms with Gasteiger partial charge in [-0.2, -0.15) is 0 Å². The Balaban J connectivity index is 1.45. The monoisotopic (exact) mass is 288 g/mol. The summed E-state index contributed by atoms with van der Waals surface area (Å²) in [6.45, 7) is 0.843. The summed E-state index contributed by atoms with van der Waals surface area (Å²) in [5, 5.41) is 3.61. The zero-order valence-electron chi connectivity index (χ0n) is 12.8. The van der Waals surface area contributed by atoms with Gasteiger partial charge in [0.1, 0.15) is 6.10 Å². The minimum Gasteiger partial charge on any atom is -0.364 e. The fourth-order valence-electron chi connectivity index (χ4n) is 3.33. The van der Waals surface area contributed by atoms with Crippen LogP contribution in [0.1, 0.15) is 24.0 Å². The van der Waals surface area contributed by atoms with Crippen molar-refractivity contribution in [3.8, 4) is 0 Å². The van der Waals surface area contributed by atoms with Crippen LogP contribution >= 0.6 is 0 Å². The van der Waals surface area contributed by atoms with E-state index in [1.807, 2.05) is 0 Å². The number of ether oxygens (including phenoxy) is 1. The maximum Gasteiger partial charge on any atom is 0.251 e. The molecule has 1 aromatic rings. The van der Waals surface area contributed by atoms with E-state index >= 15 is 0 Å². The molecule has 0 aromatic heterocycles. The highest BCUT2D eigenvalue weighted by atomic mass is 16.5. The van der Waals surface area contributed by atoms with Gasteiger partial charge in [0.2, 0.25) is 0 Å². The molecule has 1 saturated heterocycles. The summed E-state index contributed by atoms with van der Waals surface area (Å²) in [5.41, 5.74) is 2.92. The van der Waals surface area contributed by atoms with Crippen molar-refractivity contribution in [3.63, 3.8) is 0 Å². The van der Waals surface area contributed by atoms with E-state index in [1.165, 1.54) is 11.1 Å². The Labute approximate surface area is 126 Å².